The topological polar surface area (TPSA) is 29.1 Å². The zero-order valence-electron chi connectivity index (χ0n) is 12.6. The second-order valence-electron chi connectivity index (χ2n) is 5.17. The summed E-state index contributed by atoms with van der Waals surface area (Å²) in [6.07, 6.45) is 0. The number of benzene rings is 2. The van der Waals surface area contributed by atoms with E-state index in [0.717, 1.165) is 22.6 Å². The fourth-order valence-electron chi connectivity index (χ4n) is 2.12. The molecule has 21 heavy (non-hydrogen) atoms. The monoisotopic (exact) mass is 299 g/mol. The minimum absolute atomic E-state index is 0.00913. The Hall–Kier alpha value is -1.74. The van der Waals surface area contributed by atoms with Gasteiger partial charge in [-0.2, -0.15) is 11.8 Å². The lowest BCUT2D eigenvalue weighted by atomic mass is 10.1. The molecular formula is C18H21NOS. The van der Waals surface area contributed by atoms with Crippen LogP contribution in [0.5, 0.6) is 0 Å². The maximum Gasteiger partial charge on any atom is 0.251 e. The quantitative estimate of drug-likeness (QED) is 0.818. The summed E-state index contributed by atoms with van der Waals surface area (Å²) in [6.45, 7) is 4.80. The summed E-state index contributed by atoms with van der Waals surface area (Å²) in [7, 11) is 0. The third-order valence-corrected chi connectivity index (χ3v) is 4.19. The summed E-state index contributed by atoms with van der Waals surface area (Å²) in [5, 5.41) is 2.96. The second kappa shape index (κ2) is 7.89. The number of nitrogens with one attached hydrogen (secondary N) is 1. The maximum absolute atomic E-state index is 12.0. The zero-order valence-corrected chi connectivity index (χ0v) is 13.4. The molecule has 1 amide bonds. The number of carbonyl (C=O) groups is 1. The molecule has 0 fully saturated rings. The summed E-state index contributed by atoms with van der Waals surface area (Å²) >= 11 is 1.84. The van der Waals surface area contributed by atoms with Crippen molar-refractivity contribution in [1.82, 2.24) is 5.32 Å². The summed E-state index contributed by atoms with van der Waals surface area (Å²) in [5.41, 5.74) is 4.47. The first-order valence-corrected chi connectivity index (χ1v) is 8.29. The molecule has 0 spiro atoms. The van der Waals surface area contributed by atoms with Crippen LogP contribution < -0.4 is 5.32 Å². The van der Waals surface area contributed by atoms with Gasteiger partial charge in [-0.25, -0.2) is 0 Å². The number of rotatable bonds is 6. The average molecular weight is 299 g/mol. The highest BCUT2D eigenvalue weighted by Crippen LogP contribution is 2.13. The van der Waals surface area contributed by atoms with Crippen molar-refractivity contribution in [2.45, 2.75) is 19.6 Å². The molecule has 0 aliphatic heterocycles. The minimum Gasteiger partial charge on any atom is -0.351 e. The summed E-state index contributed by atoms with van der Waals surface area (Å²) in [4.78, 5) is 12.0. The van der Waals surface area contributed by atoms with Gasteiger partial charge in [-0.1, -0.05) is 47.5 Å². The number of aryl methyl sites for hydroxylation is 2. The lowest BCUT2D eigenvalue weighted by molar-refractivity contribution is 0.0956. The molecule has 2 rings (SSSR count). The normalized spacial score (nSPS) is 10.4. The van der Waals surface area contributed by atoms with Crippen molar-refractivity contribution >= 4 is 17.7 Å². The van der Waals surface area contributed by atoms with Gasteiger partial charge < -0.3 is 5.32 Å². The fourth-order valence-corrected chi connectivity index (χ4v) is 2.92. The van der Waals surface area contributed by atoms with E-state index >= 15 is 0 Å². The molecule has 2 nitrogen and oxygen atoms in total. The van der Waals surface area contributed by atoms with E-state index in [1.165, 1.54) is 11.1 Å². The highest BCUT2D eigenvalue weighted by atomic mass is 32.2. The first-order chi connectivity index (χ1) is 10.1. The molecule has 0 radical (unpaired) electrons. The van der Waals surface area contributed by atoms with Crippen molar-refractivity contribution in [3.63, 3.8) is 0 Å². The third-order valence-electron chi connectivity index (χ3n) is 3.16. The maximum atomic E-state index is 12.0. The van der Waals surface area contributed by atoms with Gasteiger partial charge in [-0.15, -0.1) is 0 Å². The first-order valence-electron chi connectivity index (χ1n) is 7.13. The molecule has 2 aromatic carbocycles. The van der Waals surface area contributed by atoms with Crippen molar-refractivity contribution in [3.8, 4) is 0 Å². The molecular weight excluding hydrogens is 278 g/mol. The number of amides is 1. The van der Waals surface area contributed by atoms with Crippen LogP contribution in [0.2, 0.25) is 0 Å². The third kappa shape index (κ3) is 5.27. The second-order valence-corrected chi connectivity index (χ2v) is 6.27. The van der Waals surface area contributed by atoms with E-state index in [-0.39, 0.29) is 5.91 Å². The van der Waals surface area contributed by atoms with E-state index < -0.39 is 0 Å². The summed E-state index contributed by atoms with van der Waals surface area (Å²) in [6, 6.07) is 16.2. The Balaban J connectivity index is 1.69. The van der Waals surface area contributed by atoms with Gasteiger partial charge in [0.05, 0.1) is 0 Å². The standard InChI is InChI=1S/C18H21NOS/c1-14-5-3-7-16(11-14)13-21-10-9-19-18(20)17-8-4-6-15(2)12-17/h3-8,11-12H,9-10,13H2,1-2H3,(H,19,20). The molecule has 2 aromatic rings. The molecule has 110 valence electrons. The van der Waals surface area contributed by atoms with Gasteiger partial charge in [0.15, 0.2) is 0 Å². The van der Waals surface area contributed by atoms with Gasteiger partial charge >= 0.3 is 0 Å². The summed E-state index contributed by atoms with van der Waals surface area (Å²) < 4.78 is 0. The van der Waals surface area contributed by atoms with Gasteiger partial charge in [0.2, 0.25) is 0 Å². The molecule has 0 bridgehead atoms. The van der Waals surface area contributed by atoms with Crippen LogP contribution in [0.4, 0.5) is 0 Å². The molecule has 0 heterocycles. The Morgan fingerprint density at radius 2 is 1.76 bits per heavy atom. The van der Waals surface area contributed by atoms with Crippen LogP contribution in [0.15, 0.2) is 48.5 Å². The Morgan fingerprint density at radius 3 is 2.48 bits per heavy atom. The van der Waals surface area contributed by atoms with Crippen molar-refractivity contribution in [2.24, 2.45) is 0 Å². The van der Waals surface area contributed by atoms with E-state index in [9.17, 15) is 4.79 Å². The van der Waals surface area contributed by atoms with E-state index in [4.69, 9.17) is 0 Å². The van der Waals surface area contributed by atoms with E-state index in [1.807, 2.05) is 43.0 Å². The van der Waals surface area contributed by atoms with Crippen molar-refractivity contribution in [3.05, 3.63) is 70.8 Å². The van der Waals surface area contributed by atoms with Crippen LogP contribution in [-0.4, -0.2) is 18.2 Å². The van der Waals surface area contributed by atoms with Crippen LogP contribution >= 0.6 is 11.8 Å². The molecule has 0 aliphatic carbocycles. The van der Waals surface area contributed by atoms with Crippen LogP contribution in [0.3, 0.4) is 0 Å². The Kier molecular flexibility index (Phi) is 5.88. The highest BCUT2D eigenvalue weighted by molar-refractivity contribution is 7.98. The molecule has 3 heteroatoms. The van der Waals surface area contributed by atoms with E-state index in [2.05, 4.69) is 36.5 Å². The smallest absolute Gasteiger partial charge is 0.251 e. The molecule has 0 saturated heterocycles. The van der Waals surface area contributed by atoms with Gasteiger partial charge in [0.1, 0.15) is 0 Å². The fraction of sp³-hybridized carbons (Fsp3) is 0.278. The Morgan fingerprint density at radius 1 is 1.05 bits per heavy atom. The number of hydrogen-bond donors (Lipinski definition) is 1. The van der Waals surface area contributed by atoms with Gasteiger partial charge in [0, 0.05) is 23.6 Å². The first kappa shape index (κ1) is 15.6. The number of carbonyl (C=O) groups excluding carboxylic acids is 1. The van der Waals surface area contributed by atoms with E-state index in [0.29, 0.717) is 6.54 Å². The Labute approximate surface area is 131 Å². The van der Waals surface area contributed by atoms with Crippen molar-refractivity contribution < 1.29 is 4.79 Å². The van der Waals surface area contributed by atoms with Crippen molar-refractivity contribution in [2.75, 3.05) is 12.3 Å². The number of thioether (sulfide) groups is 1. The Bertz CT molecular complexity index is 610. The van der Waals surface area contributed by atoms with Crippen LogP contribution in [0.1, 0.15) is 27.0 Å². The van der Waals surface area contributed by atoms with Crippen LogP contribution in [-0.2, 0) is 5.75 Å². The lowest BCUT2D eigenvalue weighted by Crippen LogP contribution is -2.25. The van der Waals surface area contributed by atoms with E-state index in [1.54, 1.807) is 0 Å². The van der Waals surface area contributed by atoms with Crippen LogP contribution in [0.25, 0.3) is 0 Å². The molecule has 0 unspecified atom stereocenters. The SMILES string of the molecule is Cc1cccc(CSCCNC(=O)c2cccc(C)c2)c1. The zero-order chi connectivity index (χ0) is 15.1. The molecule has 0 aromatic heterocycles. The number of hydrogen-bond acceptors (Lipinski definition) is 2. The largest absolute Gasteiger partial charge is 0.351 e. The lowest BCUT2D eigenvalue weighted by Gasteiger charge is -2.06. The predicted octanol–water partition coefficient (Wildman–Crippen LogP) is 3.97. The minimum atomic E-state index is 0.00913. The van der Waals surface area contributed by atoms with Crippen molar-refractivity contribution in [1.29, 1.82) is 0 Å². The molecule has 0 atom stereocenters. The van der Waals surface area contributed by atoms with Crippen LogP contribution in [0, 0.1) is 13.8 Å². The summed E-state index contributed by atoms with van der Waals surface area (Å²) in [5.74, 6) is 1.92. The average Bonchev–Trinajstić information content (AvgIpc) is 2.47. The molecule has 0 saturated carbocycles. The van der Waals surface area contributed by atoms with Gasteiger partial charge in [-0.05, 0) is 31.5 Å². The highest BCUT2D eigenvalue weighted by Gasteiger charge is 2.04. The van der Waals surface area contributed by atoms with Gasteiger partial charge in [-0.3, -0.25) is 4.79 Å². The predicted molar refractivity (Wildman–Crippen MR) is 90.9 cm³/mol. The molecule has 0 aliphatic rings. The molecule has 1 N–H and O–H groups in total. The van der Waals surface area contributed by atoms with Gasteiger partial charge in [0.25, 0.3) is 5.91 Å².